The monoisotopic (exact) mass is 391 g/mol. The van der Waals surface area contributed by atoms with E-state index in [-0.39, 0.29) is 29.3 Å². The molecule has 2 aromatic rings. The Kier molecular flexibility index (Phi) is 5.74. The summed E-state index contributed by atoms with van der Waals surface area (Å²) in [5.41, 5.74) is 1.05. The molecule has 8 heteroatoms. The first kappa shape index (κ1) is 19.3. The van der Waals surface area contributed by atoms with Crippen molar-refractivity contribution in [3.05, 3.63) is 59.5 Å². The molecule has 1 aliphatic rings. The zero-order chi connectivity index (χ0) is 19.4. The molecule has 0 saturated carbocycles. The van der Waals surface area contributed by atoms with Gasteiger partial charge in [0.15, 0.2) is 9.84 Å². The number of sulfone groups is 1. The molecule has 1 amide bonds. The van der Waals surface area contributed by atoms with Crippen molar-refractivity contribution in [1.82, 2.24) is 9.88 Å². The second kappa shape index (κ2) is 8.04. The summed E-state index contributed by atoms with van der Waals surface area (Å²) in [6, 6.07) is 9.52. The normalized spacial score (nSPS) is 18.2. The Hall–Kier alpha value is -2.48. The molecule has 0 spiro atoms. The number of carbonyl (C=O) groups is 1. The maximum atomic E-state index is 13.6. The molecule has 1 aromatic heterocycles. The summed E-state index contributed by atoms with van der Waals surface area (Å²) in [5, 5.41) is 3.09. The van der Waals surface area contributed by atoms with Crippen molar-refractivity contribution < 1.29 is 17.6 Å². The fourth-order valence-corrected chi connectivity index (χ4v) is 4.91. The summed E-state index contributed by atoms with van der Waals surface area (Å²) >= 11 is 0. The quantitative estimate of drug-likeness (QED) is 0.816. The van der Waals surface area contributed by atoms with Gasteiger partial charge in [0.25, 0.3) is 5.91 Å². The number of carbonyl (C=O) groups excluding carboxylic acids is 1. The molecule has 144 valence electrons. The molecule has 1 atom stereocenters. The molecule has 2 heterocycles. The molecular weight excluding hydrogens is 369 g/mol. The highest BCUT2D eigenvalue weighted by molar-refractivity contribution is 7.91. The SMILES string of the molecule is CN(C(=O)c1ccnc(NCCc2ccccc2F)c1)C1CCS(=O)(=O)C1. The fourth-order valence-electron chi connectivity index (χ4n) is 3.14. The highest BCUT2D eigenvalue weighted by atomic mass is 32.2. The second-order valence-electron chi connectivity index (χ2n) is 6.67. The summed E-state index contributed by atoms with van der Waals surface area (Å²) in [7, 11) is -1.43. The number of aromatic nitrogens is 1. The van der Waals surface area contributed by atoms with Gasteiger partial charge in [0.05, 0.1) is 11.5 Å². The molecule has 1 unspecified atom stereocenters. The van der Waals surface area contributed by atoms with Crippen molar-refractivity contribution >= 4 is 21.6 Å². The number of benzene rings is 1. The van der Waals surface area contributed by atoms with Crippen LogP contribution in [0.1, 0.15) is 22.3 Å². The molecule has 1 N–H and O–H groups in total. The molecular formula is C19H22FN3O3S. The minimum Gasteiger partial charge on any atom is -0.370 e. The second-order valence-corrected chi connectivity index (χ2v) is 8.90. The molecule has 1 aliphatic heterocycles. The number of amides is 1. The summed E-state index contributed by atoms with van der Waals surface area (Å²) in [6.07, 6.45) is 2.48. The third kappa shape index (κ3) is 4.82. The first-order valence-electron chi connectivity index (χ1n) is 8.76. The van der Waals surface area contributed by atoms with Gasteiger partial charge in [-0.25, -0.2) is 17.8 Å². The van der Waals surface area contributed by atoms with E-state index in [4.69, 9.17) is 0 Å². The largest absolute Gasteiger partial charge is 0.370 e. The minimum atomic E-state index is -3.06. The van der Waals surface area contributed by atoms with E-state index in [0.717, 1.165) is 0 Å². The lowest BCUT2D eigenvalue weighted by Gasteiger charge is -2.23. The van der Waals surface area contributed by atoms with E-state index in [1.54, 1.807) is 37.4 Å². The number of pyridine rings is 1. The lowest BCUT2D eigenvalue weighted by molar-refractivity contribution is 0.0747. The molecule has 3 rings (SSSR count). The first-order valence-corrected chi connectivity index (χ1v) is 10.6. The Morgan fingerprint density at radius 3 is 2.81 bits per heavy atom. The Morgan fingerprint density at radius 1 is 1.33 bits per heavy atom. The van der Waals surface area contributed by atoms with Crippen molar-refractivity contribution in [2.24, 2.45) is 0 Å². The smallest absolute Gasteiger partial charge is 0.254 e. The van der Waals surface area contributed by atoms with E-state index in [9.17, 15) is 17.6 Å². The number of rotatable bonds is 6. The maximum Gasteiger partial charge on any atom is 0.254 e. The molecule has 1 fully saturated rings. The van der Waals surface area contributed by atoms with Gasteiger partial charge in [-0.2, -0.15) is 0 Å². The van der Waals surface area contributed by atoms with Crippen LogP contribution in [-0.2, 0) is 16.3 Å². The van der Waals surface area contributed by atoms with Gasteiger partial charge in [0, 0.05) is 31.4 Å². The standard InChI is InChI=1S/C19H22FN3O3S/c1-23(16-8-11-27(25,26)13-16)19(24)15-7-10-22-18(12-15)21-9-6-14-4-2-3-5-17(14)20/h2-5,7,10,12,16H,6,8-9,11,13H2,1H3,(H,21,22). The zero-order valence-electron chi connectivity index (χ0n) is 15.1. The predicted octanol–water partition coefficient (Wildman–Crippen LogP) is 2.13. The van der Waals surface area contributed by atoms with Crippen LogP contribution in [0.25, 0.3) is 0 Å². The van der Waals surface area contributed by atoms with E-state index < -0.39 is 9.84 Å². The molecule has 1 saturated heterocycles. The predicted molar refractivity (Wildman–Crippen MR) is 102 cm³/mol. The number of halogens is 1. The topological polar surface area (TPSA) is 79.4 Å². The number of nitrogens with zero attached hydrogens (tertiary/aromatic N) is 2. The number of nitrogens with one attached hydrogen (secondary N) is 1. The highest BCUT2D eigenvalue weighted by Gasteiger charge is 2.33. The van der Waals surface area contributed by atoms with E-state index in [2.05, 4.69) is 10.3 Å². The molecule has 6 nitrogen and oxygen atoms in total. The van der Waals surface area contributed by atoms with Gasteiger partial charge in [-0.15, -0.1) is 0 Å². The average Bonchev–Trinajstić information content (AvgIpc) is 3.02. The minimum absolute atomic E-state index is 0.00801. The van der Waals surface area contributed by atoms with Gasteiger partial charge in [0.1, 0.15) is 11.6 Å². The van der Waals surface area contributed by atoms with Crippen LogP contribution in [0, 0.1) is 5.82 Å². The third-order valence-electron chi connectivity index (χ3n) is 4.74. The van der Waals surface area contributed by atoms with Crippen LogP contribution in [-0.4, -0.2) is 55.3 Å². The Morgan fingerprint density at radius 2 is 2.11 bits per heavy atom. The Bertz CT molecular complexity index is 933. The first-order chi connectivity index (χ1) is 12.9. The molecule has 27 heavy (non-hydrogen) atoms. The van der Waals surface area contributed by atoms with Crippen molar-refractivity contribution in [2.75, 3.05) is 30.4 Å². The van der Waals surface area contributed by atoms with E-state index in [1.165, 1.54) is 17.2 Å². The van der Waals surface area contributed by atoms with Crippen LogP contribution in [0.4, 0.5) is 10.2 Å². The van der Waals surface area contributed by atoms with Crippen LogP contribution in [0.2, 0.25) is 0 Å². The molecule has 0 bridgehead atoms. The summed E-state index contributed by atoms with van der Waals surface area (Å²) in [6.45, 7) is 0.474. The lowest BCUT2D eigenvalue weighted by Crippen LogP contribution is -2.37. The van der Waals surface area contributed by atoms with Crippen LogP contribution in [0.15, 0.2) is 42.6 Å². The van der Waals surface area contributed by atoms with Gasteiger partial charge >= 0.3 is 0 Å². The molecule has 0 radical (unpaired) electrons. The lowest BCUT2D eigenvalue weighted by atomic mass is 10.1. The van der Waals surface area contributed by atoms with E-state index >= 15 is 0 Å². The van der Waals surface area contributed by atoms with Crippen LogP contribution < -0.4 is 5.32 Å². The summed E-state index contributed by atoms with van der Waals surface area (Å²) in [5.74, 6) is 0.161. The number of hydrogen-bond donors (Lipinski definition) is 1. The van der Waals surface area contributed by atoms with Gasteiger partial charge in [-0.05, 0) is 36.6 Å². The molecule has 0 aliphatic carbocycles. The average molecular weight is 391 g/mol. The van der Waals surface area contributed by atoms with Gasteiger partial charge in [-0.3, -0.25) is 4.79 Å². The number of hydrogen-bond acceptors (Lipinski definition) is 5. The van der Waals surface area contributed by atoms with Gasteiger partial charge in [-0.1, -0.05) is 18.2 Å². The van der Waals surface area contributed by atoms with Crippen molar-refractivity contribution in [1.29, 1.82) is 0 Å². The van der Waals surface area contributed by atoms with Crippen LogP contribution in [0.5, 0.6) is 0 Å². The van der Waals surface area contributed by atoms with Crippen molar-refractivity contribution in [2.45, 2.75) is 18.9 Å². The van der Waals surface area contributed by atoms with Crippen molar-refractivity contribution in [3.8, 4) is 0 Å². The van der Waals surface area contributed by atoms with Crippen LogP contribution in [0.3, 0.4) is 0 Å². The number of anilines is 1. The van der Waals surface area contributed by atoms with Gasteiger partial charge < -0.3 is 10.2 Å². The summed E-state index contributed by atoms with van der Waals surface area (Å²) in [4.78, 5) is 18.3. The fraction of sp³-hybridized carbons (Fsp3) is 0.368. The zero-order valence-corrected chi connectivity index (χ0v) is 15.9. The maximum absolute atomic E-state index is 13.6. The van der Waals surface area contributed by atoms with Crippen molar-refractivity contribution in [3.63, 3.8) is 0 Å². The highest BCUT2D eigenvalue weighted by Crippen LogP contribution is 2.19. The summed E-state index contributed by atoms with van der Waals surface area (Å²) < 4.78 is 36.9. The van der Waals surface area contributed by atoms with Gasteiger partial charge in [0.2, 0.25) is 0 Å². The Labute approximate surface area is 158 Å². The third-order valence-corrected chi connectivity index (χ3v) is 6.49. The molecule has 1 aromatic carbocycles. The van der Waals surface area contributed by atoms with Crippen LogP contribution >= 0.6 is 0 Å². The van der Waals surface area contributed by atoms with E-state index in [0.29, 0.717) is 36.3 Å². The Balaban J connectivity index is 1.61. The van der Waals surface area contributed by atoms with E-state index in [1.807, 2.05) is 0 Å².